The van der Waals surface area contributed by atoms with Crippen molar-refractivity contribution in [3.8, 4) is 11.5 Å². The van der Waals surface area contributed by atoms with Gasteiger partial charge in [-0.2, -0.15) is 16.5 Å². The van der Waals surface area contributed by atoms with Gasteiger partial charge in [0.2, 0.25) is 10.0 Å². The fraction of sp³-hybridized carbons (Fsp3) is 0.333. The number of carbonyl (C=O) groups is 2. The fourth-order valence-electron chi connectivity index (χ4n) is 2.97. The Morgan fingerprint density at radius 2 is 1.76 bits per heavy atom. The molecule has 0 aromatic heterocycles. The number of amides is 1. The Hall–Kier alpha value is -2.18. The van der Waals surface area contributed by atoms with Gasteiger partial charge in [-0.3, -0.25) is 9.59 Å². The summed E-state index contributed by atoms with van der Waals surface area (Å²) in [5, 5.41) is 3.16. The van der Waals surface area contributed by atoms with Gasteiger partial charge in [0, 0.05) is 21.8 Å². The van der Waals surface area contributed by atoms with Crippen LogP contribution >= 0.6 is 35.0 Å². The lowest BCUT2D eigenvalue weighted by Gasteiger charge is -2.20. The van der Waals surface area contributed by atoms with Crippen LogP contribution in [0.5, 0.6) is 11.5 Å². The zero-order valence-electron chi connectivity index (χ0n) is 18.0. The standard InChI is InChI=1S/C21H22Cl2N2O7S2/c1-33-7-4-17(21(27)32-12-20(26)24-15-9-13(22)8-14(23)10-15)25-34(28,29)16-2-3-18-19(11-16)31-6-5-30-18/h2-3,8-11,17,25H,4-7,12H2,1H3,(H,24,26). The van der Waals surface area contributed by atoms with Crippen molar-refractivity contribution in [3.05, 3.63) is 46.4 Å². The minimum atomic E-state index is -4.09. The number of ether oxygens (including phenoxy) is 3. The number of anilines is 1. The summed E-state index contributed by atoms with van der Waals surface area (Å²) < 4.78 is 44.1. The minimum absolute atomic E-state index is 0.0886. The molecule has 1 heterocycles. The fourth-order valence-corrected chi connectivity index (χ4v) is 5.20. The molecule has 13 heteroatoms. The predicted octanol–water partition coefficient (Wildman–Crippen LogP) is 3.35. The lowest BCUT2D eigenvalue weighted by atomic mass is 10.2. The first-order valence-electron chi connectivity index (χ1n) is 10.0. The van der Waals surface area contributed by atoms with Crippen LogP contribution in [0.1, 0.15) is 6.42 Å². The van der Waals surface area contributed by atoms with E-state index in [1.807, 2.05) is 6.26 Å². The van der Waals surface area contributed by atoms with E-state index in [-0.39, 0.29) is 11.3 Å². The van der Waals surface area contributed by atoms with Crippen molar-refractivity contribution in [3.63, 3.8) is 0 Å². The number of carbonyl (C=O) groups excluding carboxylic acids is 2. The normalized spacial score (nSPS) is 13.7. The number of sulfonamides is 1. The molecule has 2 N–H and O–H groups in total. The number of benzene rings is 2. The van der Waals surface area contributed by atoms with Crippen molar-refractivity contribution in [1.82, 2.24) is 4.72 Å². The number of hydrogen-bond acceptors (Lipinski definition) is 8. The van der Waals surface area contributed by atoms with E-state index in [0.29, 0.717) is 46.2 Å². The molecule has 0 aliphatic carbocycles. The van der Waals surface area contributed by atoms with Gasteiger partial charge in [-0.25, -0.2) is 8.42 Å². The van der Waals surface area contributed by atoms with Crippen LogP contribution in [-0.2, 0) is 24.3 Å². The second kappa shape index (κ2) is 12.0. The molecule has 1 aliphatic heterocycles. The van der Waals surface area contributed by atoms with Gasteiger partial charge in [-0.15, -0.1) is 0 Å². The molecule has 0 radical (unpaired) electrons. The third kappa shape index (κ3) is 7.41. The van der Waals surface area contributed by atoms with E-state index in [1.54, 1.807) is 0 Å². The van der Waals surface area contributed by atoms with Crippen LogP contribution in [0, 0.1) is 0 Å². The second-order valence-corrected chi connectivity index (χ2v) is 10.6. The average Bonchev–Trinajstić information content (AvgIpc) is 2.79. The first-order chi connectivity index (χ1) is 16.2. The van der Waals surface area contributed by atoms with Gasteiger partial charge >= 0.3 is 5.97 Å². The molecule has 0 saturated carbocycles. The zero-order chi connectivity index (χ0) is 24.7. The Balaban J connectivity index is 1.64. The summed E-state index contributed by atoms with van der Waals surface area (Å²) in [6, 6.07) is 7.45. The van der Waals surface area contributed by atoms with Crippen LogP contribution in [-0.4, -0.2) is 58.2 Å². The van der Waals surface area contributed by atoms with Gasteiger partial charge in [0.25, 0.3) is 5.91 Å². The number of fused-ring (bicyclic) bond motifs is 1. The molecule has 1 aliphatic rings. The third-order valence-corrected chi connectivity index (χ3v) is 7.06. The third-order valence-electron chi connectivity index (χ3n) is 4.51. The Morgan fingerprint density at radius 3 is 2.44 bits per heavy atom. The molecule has 9 nitrogen and oxygen atoms in total. The molecule has 3 rings (SSSR count). The van der Waals surface area contributed by atoms with Crippen LogP contribution in [0.3, 0.4) is 0 Å². The van der Waals surface area contributed by atoms with Gasteiger partial charge < -0.3 is 19.5 Å². The molecular formula is C21H22Cl2N2O7S2. The molecule has 34 heavy (non-hydrogen) atoms. The summed E-state index contributed by atoms with van der Waals surface area (Å²) in [6.45, 7) is 0.0540. The second-order valence-electron chi connectivity index (χ2n) is 7.07. The lowest BCUT2D eigenvalue weighted by Crippen LogP contribution is -2.43. The zero-order valence-corrected chi connectivity index (χ0v) is 21.2. The molecule has 0 saturated heterocycles. The van der Waals surface area contributed by atoms with Crippen LogP contribution in [0.2, 0.25) is 10.0 Å². The molecule has 1 amide bonds. The number of rotatable bonds is 10. The number of halogens is 2. The number of esters is 1. The van der Waals surface area contributed by atoms with E-state index >= 15 is 0 Å². The summed E-state index contributed by atoms with van der Waals surface area (Å²) in [5.41, 5.74) is 0.330. The van der Waals surface area contributed by atoms with Crippen molar-refractivity contribution >= 4 is 62.6 Å². The highest BCUT2D eigenvalue weighted by Crippen LogP contribution is 2.32. The van der Waals surface area contributed by atoms with Gasteiger partial charge in [-0.1, -0.05) is 23.2 Å². The minimum Gasteiger partial charge on any atom is -0.486 e. The summed E-state index contributed by atoms with van der Waals surface area (Å²) in [6.07, 6.45) is 1.98. The van der Waals surface area contributed by atoms with E-state index in [4.69, 9.17) is 37.4 Å². The molecule has 0 bridgehead atoms. The number of thioether (sulfide) groups is 1. The van der Waals surface area contributed by atoms with Crippen molar-refractivity contribution in [2.45, 2.75) is 17.4 Å². The van der Waals surface area contributed by atoms with E-state index in [1.165, 1.54) is 48.2 Å². The molecular weight excluding hydrogens is 527 g/mol. The van der Waals surface area contributed by atoms with Crippen molar-refractivity contribution in [2.24, 2.45) is 0 Å². The van der Waals surface area contributed by atoms with E-state index in [9.17, 15) is 18.0 Å². The van der Waals surface area contributed by atoms with Crippen molar-refractivity contribution in [1.29, 1.82) is 0 Å². The summed E-state index contributed by atoms with van der Waals surface area (Å²) >= 11 is 13.2. The van der Waals surface area contributed by atoms with Gasteiger partial charge in [0.05, 0.1) is 4.90 Å². The van der Waals surface area contributed by atoms with E-state index in [0.717, 1.165) is 0 Å². The SMILES string of the molecule is CSCCC(NS(=O)(=O)c1ccc2c(c1)OCCO2)C(=O)OCC(=O)Nc1cc(Cl)cc(Cl)c1. The lowest BCUT2D eigenvalue weighted by molar-refractivity contribution is -0.149. The quantitative estimate of drug-likeness (QED) is 0.433. The Morgan fingerprint density at radius 1 is 1.09 bits per heavy atom. The maximum atomic E-state index is 12.9. The number of hydrogen-bond donors (Lipinski definition) is 2. The van der Waals surface area contributed by atoms with E-state index in [2.05, 4.69) is 10.0 Å². The maximum Gasteiger partial charge on any atom is 0.324 e. The van der Waals surface area contributed by atoms with Crippen LogP contribution < -0.4 is 19.5 Å². The topological polar surface area (TPSA) is 120 Å². The smallest absolute Gasteiger partial charge is 0.324 e. The highest BCUT2D eigenvalue weighted by atomic mass is 35.5. The Labute approximate surface area is 211 Å². The molecule has 0 spiro atoms. The largest absolute Gasteiger partial charge is 0.486 e. The highest BCUT2D eigenvalue weighted by Gasteiger charge is 2.28. The van der Waals surface area contributed by atoms with E-state index < -0.39 is 34.5 Å². The maximum absolute atomic E-state index is 12.9. The Kier molecular flexibility index (Phi) is 9.31. The molecule has 0 fully saturated rings. The number of nitrogens with one attached hydrogen (secondary N) is 2. The van der Waals surface area contributed by atoms with Crippen LogP contribution in [0.4, 0.5) is 5.69 Å². The highest BCUT2D eigenvalue weighted by molar-refractivity contribution is 7.98. The van der Waals surface area contributed by atoms with Gasteiger partial charge in [-0.05, 0) is 48.8 Å². The van der Waals surface area contributed by atoms with Crippen LogP contribution in [0.25, 0.3) is 0 Å². The van der Waals surface area contributed by atoms with Crippen molar-refractivity contribution < 1.29 is 32.2 Å². The summed E-state index contributed by atoms with van der Waals surface area (Å²) in [4.78, 5) is 24.7. The average molecular weight is 549 g/mol. The molecule has 2 aromatic rings. The first-order valence-corrected chi connectivity index (χ1v) is 13.6. The van der Waals surface area contributed by atoms with Crippen LogP contribution in [0.15, 0.2) is 41.3 Å². The molecule has 2 aromatic carbocycles. The molecule has 1 unspecified atom stereocenters. The Bertz CT molecular complexity index is 1140. The summed E-state index contributed by atoms with van der Waals surface area (Å²) in [7, 11) is -4.09. The predicted molar refractivity (Wildman–Crippen MR) is 131 cm³/mol. The molecule has 184 valence electrons. The molecule has 1 atom stereocenters. The van der Waals surface area contributed by atoms with Crippen molar-refractivity contribution in [2.75, 3.05) is 37.1 Å². The monoisotopic (exact) mass is 548 g/mol. The van der Waals surface area contributed by atoms with Gasteiger partial charge in [0.15, 0.2) is 18.1 Å². The van der Waals surface area contributed by atoms with Gasteiger partial charge in [0.1, 0.15) is 19.3 Å². The summed E-state index contributed by atoms with van der Waals surface area (Å²) in [5.74, 6) is -0.290. The first kappa shape index (κ1) is 26.4.